The van der Waals surface area contributed by atoms with Crippen molar-refractivity contribution in [3.8, 4) is 11.5 Å². The number of hydrogen-bond donors (Lipinski definition) is 2. The molecular formula is C20H18N4O5S. The van der Waals surface area contributed by atoms with Gasteiger partial charge in [-0.05, 0) is 36.4 Å². The van der Waals surface area contributed by atoms with Crippen LogP contribution in [-0.4, -0.2) is 40.8 Å². The lowest BCUT2D eigenvalue weighted by molar-refractivity contribution is -0.114. The SMILES string of the molecule is COC(=O)c1ccccc1NC(=O)CSc1nnc(-c2ccc(NC(C)=O)cc2)o1. The van der Waals surface area contributed by atoms with Crippen LogP contribution in [0, 0.1) is 0 Å². The summed E-state index contributed by atoms with van der Waals surface area (Å²) in [4.78, 5) is 35.1. The number of hydrogen-bond acceptors (Lipinski definition) is 8. The van der Waals surface area contributed by atoms with Crippen molar-refractivity contribution in [2.45, 2.75) is 12.1 Å². The average Bonchev–Trinajstić information content (AvgIpc) is 3.21. The van der Waals surface area contributed by atoms with Crippen LogP contribution in [0.15, 0.2) is 58.2 Å². The van der Waals surface area contributed by atoms with Crippen LogP contribution in [0.25, 0.3) is 11.5 Å². The largest absolute Gasteiger partial charge is 0.465 e. The molecule has 0 atom stereocenters. The van der Waals surface area contributed by atoms with Gasteiger partial charge in [-0.15, -0.1) is 10.2 Å². The topological polar surface area (TPSA) is 123 Å². The number of rotatable bonds is 7. The number of anilines is 2. The molecule has 9 nitrogen and oxygen atoms in total. The first-order valence-corrected chi connectivity index (χ1v) is 9.76. The lowest BCUT2D eigenvalue weighted by Gasteiger charge is -2.08. The summed E-state index contributed by atoms with van der Waals surface area (Å²) in [5, 5.41) is 13.5. The molecular weight excluding hydrogens is 408 g/mol. The van der Waals surface area contributed by atoms with Gasteiger partial charge in [0.2, 0.25) is 17.7 Å². The summed E-state index contributed by atoms with van der Waals surface area (Å²) in [5.41, 5.74) is 1.96. The molecule has 3 rings (SSSR count). The van der Waals surface area contributed by atoms with Crippen LogP contribution in [0.3, 0.4) is 0 Å². The molecule has 0 bridgehead atoms. The predicted molar refractivity (Wildman–Crippen MR) is 111 cm³/mol. The van der Waals surface area contributed by atoms with Gasteiger partial charge in [0.1, 0.15) is 0 Å². The Hall–Kier alpha value is -3.66. The molecule has 0 saturated carbocycles. The minimum absolute atomic E-state index is 0.0125. The number of benzene rings is 2. The maximum atomic E-state index is 12.2. The normalized spacial score (nSPS) is 10.3. The molecule has 2 N–H and O–H groups in total. The van der Waals surface area contributed by atoms with E-state index in [2.05, 4.69) is 20.8 Å². The summed E-state index contributed by atoms with van der Waals surface area (Å²) in [5.74, 6) is -0.728. The molecule has 0 aliphatic heterocycles. The first-order valence-electron chi connectivity index (χ1n) is 8.78. The number of carbonyl (C=O) groups is 3. The zero-order valence-corrected chi connectivity index (χ0v) is 17.0. The molecule has 10 heteroatoms. The van der Waals surface area contributed by atoms with Crippen molar-refractivity contribution < 1.29 is 23.5 Å². The number of para-hydroxylation sites is 1. The number of aromatic nitrogens is 2. The molecule has 0 aliphatic rings. The van der Waals surface area contributed by atoms with Gasteiger partial charge in [0.15, 0.2) is 0 Å². The minimum atomic E-state index is -0.537. The van der Waals surface area contributed by atoms with E-state index in [4.69, 9.17) is 9.15 Å². The Morgan fingerprint density at radius 2 is 1.77 bits per heavy atom. The molecule has 1 aromatic heterocycles. The predicted octanol–water partition coefficient (Wildman–Crippen LogP) is 3.21. The van der Waals surface area contributed by atoms with E-state index in [0.29, 0.717) is 22.8 Å². The second kappa shape index (κ2) is 9.70. The fraction of sp³-hybridized carbons (Fsp3) is 0.150. The van der Waals surface area contributed by atoms with Gasteiger partial charge in [-0.25, -0.2) is 4.79 Å². The zero-order chi connectivity index (χ0) is 21.5. The van der Waals surface area contributed by atoms with Gasteiger partial charge < -0.3 is 19.8 Å². The maximum Gasteiger partial charge on any atom is 0.339 e. The molecule has 2 amide bonds. The smallest absolute Gasteiger partial charge is 0.339 e. The number of esters is 1. The standard InChI is InChI=1S/C20H18N4O5S/c1-12(25)21-14-9-7-13(8-10-14)18-23-24-20(29-18)30-11-17(26)22-16-6-4-3-5-15(16)19(27)28-2/h3-10H,11H2,1-2H3,(H,21,25)(H,22,26). The highest BCUT2D eigenvalue weighted by Gasteiger charge is 2.15. The van der Waals surface area contributed by atoms with Crippen LogP contribution in [0.2, 0.25) is 0 Å². The maximum absolute atomic E-state index is 12.2. The van der Waals surface area contributed by atoms with E-state index in [-0.39, 0.29) is 28.4 Å². The van der Waals surface area contributed by atoms with Crippen LogP contribution < -0.4 is 10.6 Å². The summed E-state index contributed by atoms with van der Waals surface area (Å²) in [7, 11) is 1.28. The van der Waals surface area contributed by atoms with Crippen LogP contribution in [0.1, 0.15) is 17.3 Å². The van der Waals surface area contributed by atoms with E-state index in [1.807, 2.05) is 0 Å². The molecule has 3 aromatic rings. The zero-order valence-electron chi connectivity index (χ0n) is 16.2. The van der Waals surface area contributed by atoms with E-state index in [1.165, 1.54) is 14.0 Å². The summed E-state index contributed by atoms with van der Waals surface area (Å²) in [6.07, 6.45) is 0. The molecule has 1 heterocycles. The van der Waals surface area contributed by atoms with Crippen molar-refractivity contribution in [2.24, 2.45) is 0 Å². The van der Waals surface area contributed by atoms with Crippen molar-refractivity contribution in [3.05, 3.63) is 54.1 Å². The van der Waals surface area contributed by atoms with Crippen molar-refractivity contribution in [1.29, 1.82) is 0 Å². The average molecular weight is 426 g/mol. The quantitative estimate of drug-likeness (QED) is 0.436. The summed E-state index contributed by atoms with van der Waals surface area (Å²) >= 11 is 1.07. The Bertz CT molecular complexity index is 1070. The number of ether oxygens (including phenoxy) is 1. The molecule has 0 fully saturated rings. The van der Waals surface area contributed by atoms with Gasteiger partial charge in [-0.2, -0.15) is 0 Å². The number of amides is 2. The van der Waals surface area contributed by atoms with E-state index in [9.17, 15) is 14.4 Å². The third-order valence-corrected chi connectivity index (χ3v) is 4.61. The summed E-state index contributed by atoms with van der Waals surface area (Å²) in [6.45, 7) is 1.43. The summed E-state index contributed by atoms with van der Waals surface area (Å²) in [6, 6.07) is 13.5. The molecule has 0 radical (unpaired) electrons. The number of carbonyl (C=O) groups excluding carboxylic acids is 3. The molecule has 2 aromatic carbocycles. The molecule has 0 spiro atoms. The van der Waals surface area contributed by atoms with E-state index in [0.717, 1.165) is 11.8 Å². The lowest BCUT2D eigenvalue weighted by atomic mass is 10.2. The summed E-state index contributed by atoms with van der Waals surface area (Å²) < 4.78 is 10.3. The van der Waals surface area contributed by atoms with Gasteiger partial charge in [-0.1, -0.05) is 23.9 Å². The second-order valence-electron chi connectivity index (χ2n) is 6.01. The third kappa shape index (κ3) is 5.45. The highest BCUT2D eigenvalue weighted by atomic mass is 32.2. The first kappa shape index (κ1) is 21.1. The monoisotopic (exact) mass is 426 g/mol. The van der Waals surface area contributed by atoms with E-state index in [1.54, 1.807) is 48.5 Å². The number of methoxy groups -OCH3 is 1. The highest BCUT2D eigenvalue weighted by Crippen LogP contribution is 2.25. The van der Waals surface area contributed by atoms with Crippen molar-refractivity contribution >= 4 is 40.9 Å². The highest BCUT2D eigenvalue weighted by molar-refractivity contribution is 7.99. The molecule has 0 saturated heterocycles. The Labute approximate surface area is 176 Å². The number of thioether (sulfide) groups is 1. The van der Waals surface area contributed by atoms with Crippen LogP contribution in [0.5, 0.6) is 0 Å². The Kier molecular flexibility index (Phi) is 6.81. The number of nitrogens with zero attached hydrogens (tertiary/aromatic N) is 2. The van der Waals surface area contributed by atoms with Crippen molar-refractivity contribution in [1.82, 2.24) is 10.2 Å². The van der Waals surface area contributed by atoms with Gasteiger partial charge in [0.25, 0.3) is 5.22 Å². The van der Waals surface area contributed by atoms with Gasteiger partial charge >= 0.3 is 5.97 Å². The number of nitrogens with one attached hydrogen (secondary N) is 2. The fourth-order valence-electron chi connectivity index (χ4n) is 2.48. The molecule has 0 unspecified atom stereocenters. The van der Waals surface area contributed by atoms with Gasteiger partial charge in [0.05, 0.1) is 24.1 Å². The van der Waals surface area contributed by atoms with E-state index < -0.39 is 5.97 Å². The Morgan fingerprint density at radius 1 is 1.03 bits per heavy atom. The second-order valence-corrected chi connectivity index (χ2v) is 6.93. The van der Waals surface area contributed by atoms with Crippen LogP contribution in [0.4, 0.5) is 11.4 Å². The van der Waals surface area contributed by atoms with Gasteiger partial charge in [0, 0.05) is 18.2 Å². The van der Waals surface area contributed by atoms with Gasteiger partial charge in [-0.3, -0.25) is 9.59 Å². The Balaban J connectivity index is 1.59. The fourth-order valence-corrected chi connectivity index (χ4v) is 3.04. The van der Waals surface area contributed by atoms with E-state index >= 15 is 0 Å². The molecule has 154 valence electrons. The third-order valence-electron chi connectivity index (χ3n) is 3.79. The lowest BCUT2D eigenvalue weighted by Crippen LogP contribution is -2.17. The van der Waals surface area contributed by atoms with Crippen molar-refractivity contribution in [3.63, 3.8) is 0 Å². The van der Waals surface area contributed by atoms with Crippen molar-refractivity contribution in [2.75, 3.05) is 23.5 Å². The minimum Gasteiger partial charge on any atom is -0.465 e. The first-order chi connectivity index (χ1) is 14.5. The molecule has 0 aliphatic carbocycles. The van der Waals surface area contributed by atoms with Crippen LogP contribution >= 0.6 is 11.8 Å². The Morgan fingerprint density at radius 3 is 2.47 bits per heavy atom. The molecule has 30 heavy (non-hydrogen) atoms. The van der Waals surface area contributed by atoms with Crippen LogP contribution in [-0.2, 0) is 14.3 Å².